The van der Waals surface area contributed by atoms with Gasteiger partial charge in [0.05, 0.1) is 5.56 Å². The maximum absolute atomic E-state index is 12.2. The highest BCUT2D eigenvalue weighted by Gasteiger charge is 2.22. The first kappa shape index (κ1) is 28.8. The lowest BCUT2D eigenvalue weighted by molar-refractivity contribution is 0.0696. The largest absolute Gasteiger partial charge is 0.478 e. The second-order valence-corrected chi connectivity index (χ2v) is 10.5. The fourth-order valence-electron chi connectivity index (χ4n) is 2.30. The molecule has 0 saturated heterocycles. The van der Waals surface area contributed by atoms with Crippen LogP contribution in [0.5, 0.6) is 0 Å². The quantitative estimate of drug-likeness (QED) is 0.333. The Labute approximate surface area is 201 Å². The predicted octanol–water partition coefficient (Wildman–Crippen LogP) is 3.82. The van der Waals surface area contributed by atoms with E-state index in [0.717, 1.165) is 0 Å². The molecule has 0 bridgehead atoms. The Kier molecular flexibility index (Phi) is 10.9. The van der Waals surface area contributed by atoms with Gasteiger partial charge in [0, 0.05) is 10.6 Å². The van der Waals surface area contributed by atoms with Crippen LogP contribution in [0, 0.1) is 11.8 Å². The topological polar surface area (TPSA) is 115 Å². The van der Waals surface area contributed by atoms with Crippen molar-refractivity contribution in [3.8, 4) is 11.8 Å². The van der Waals surface area contributed by atoms with Gasteiger partial charge in [0.25, 0.3) is 7.37 Å². The molecule has 0 atom stereocenters. The lowest BCUT2D eigenvalue weighted by Gasteiger charge is -2.11. The van der Waals surface area contributed by atoms with Gasteiger partial charge in [0.15, 0.2) is 0 Å². The van der Waals surface area contributed by atoms with Crippen LogP contribution in [0.3, 0.4) is 0 Å². The fourth-order valence-corrected chi connectivity index (χ4v) is 3.75. The van der Waals surface area contributed by atoms with Crippen molar-refractivity contribution < 1.29 is 29.6 Å². The lowest BCUT2D eigenvalue weighted by atomic mass is 10.1. The molecular formula is C27H31O6P. The van der Waals surface area contributed by atoms with Crippen LogP contribution >= 0.6 is 7.37 Å². The molecule has 7 heteroatoms. The van der Waals surface area contributed by atoms with Crippen LogP contribution in [0.1, 0.15) is 38.1 Å². The van der Waals surface area contributed by atoms with Crippen molar-refractivity contribution in [2.45, 2.75) is 38.9 Å². The Bertz CT molecular complexity index is 1060. The molecule has 3 aromatic rings. The molecule has 0 aliphatic heterocycles. The Morgan fingerprint density at radius 2 is 0.971 bits per heavy atom. The van der Waals surface area contributed by atoms with Crippen LogP contribution in [0.15, 0.2) is 91.0 Å². The highest BCUT2D eigenvalue weighted by molar-refractivity contribution is 7.73. The Morgan fingerprint density at radius 1 is 0.676 bits per heavy atom. The Hall–Kier alpha value is -3.20. The number of aromatic carboxylic acids is 1. The number of carbonyl (C=O) groups is 1. The fraction of sp³-hybridized carbons (Fsp3) is 0.222. The number of benzene rings is 3. The highest BCUT2D eigenvalue weighted by Crippen LogP contribution is 2.37. The first-order chi connectivity index (χ1) is 15.7. The summed E-state index contributed by atoms with van der Waals surface area (Å²) in [6.45, 7) is 6.30. The van der Waals surface area contributed by atoms with Crippen molar-refractivity contribution in [1.29, 1.82) is 0 Å². The van der Waals surface area contributed by atoms with Gasteiger partial charge >= 0.3 is 5.97 Å². The molecule has 0 aliphatic carbocycles. The van der Waals surface area contributed by atoms with Gasteiger partial charge in [-0.3, -0.25) is 4.57 Å². The highest BCUT2D eigenvalue weighted by atomic mass is 31.2. The summed E-state index contributed by atoms with van der Waals surface area (Å²) in [6.07, 6.45) is 0. The van der Waals surface area contributed by atoms with Crippen molar-refractivity contribution in [1.82, 2.24) is 0 Å². The average molecular weight is 483 g/mol. The molecule has 6 nitrogen and oxygen atoms in total. The minimum Gasteiger partial charge on any atom is -0.478 e. The van der Waals surface area contributed by atoms with Gasteiger partial charge in [-0.15, -0.1) is 0 Å². The predicted molar refractivity (Wildman–Crippen MR) is 136 cm³/mol. The lowest BCUT2D eigenvalue weighted by Crippen LogP contribution is -2.20. The monoisotopic (exact) mass is 482 g/mol. The maximum Gasteiger partial charge on any atom is 0.335 e. The van der Waals surface area contributed by atoms with Crippen LogP contribution < -0.4 is 10.6 Å². The van der Waals surface area contributed by atoms with Gasteiger partial charge in [-0.2, -0.15) is 0 Å². The van der Waals surface area contributed by atoms with Gasteiger partial charge in [-0.1, -0.05) is 66.4 Å². The van der Waals surface area contributed by atoms with E-state index in [-0.39, 0.29) is 0 Å². The third kappa shape index (κ3) is 11.6. The third-order valence-corrected chi connectivity index (χ3v) is 5.90. The molecule has 0 aliphatic rings. The van der Waals surface area contributed by atoms with Gasteiger partial charge in [0.2, 0.25) is 0 Å². The number of hydrogen-bond donors (Lipinski definition) is 4. The SMILES string of the molecule is CC(C)(O)C#CC(C)(C)O.O=C(O)c1ccccc1.O=P(O)(c1ccccc1)c1ccccc1. The Balaban J connectivity index is 0.000000268. The van der Waals surface area contributed by atoms with Gasteiger partial charge in [-0.25, -0.2) is 4.79 Å². The van der Waals surface area contributed by atoms with E-state index in [1.807, 2.05) is 12.1 Å². The van der Waals surface area contributed by atoms with Crippen molar-refractivity contribution in [3.05, 3.63) is 96.6 Å². The van der Waals surface area contributed by atoms with Crippen molar-refractivity contribution in [3.63, 3.8) is 0 Å². The van der Waals surface area contributed by atoms with Crippen LogP contribution in [-0.4, -0.2) is 37.4 Å². The molecule has 0 fully saturated rings. The van der Waals surface area contributed by atoms with E-state index in [4.69, 9.17) is 15.3 Å². The second-order valence-electron chi connectivity index (χ2n) is 8.29. The summed E-state index contributed by atoms with van der Waals surface area (Å²) in [7, 11) is -3.40. The zero-order valence-electron chi connectivity index (χ0n) is 19.7. The molecule has 3 rings (SSSR count). The number of hydrogen-bond acceptors (Lipinski definition) is 4. The van der Waals surface area contributed by atoms with Gasteiger partial charge in [-0.05, 0) is 64.1 Å². The summed E-state index contributed by atoms with van der Waals surface area (Å²) in [5, 5.41) is 27.5. The molecule has 0 heterocycles. The number of rotatable bonds is 3. The standard InChI is InChI=1S/C12H11O2P.C8H14O2.C7H6O2/c13-15(14,11-7-3-1-4-8-11)12-9-5-2-6-10-12;1-7(2,9)5-6-8(3,4)10;8-7(9)6-4-2-1-3-5-6/h1-10H,(H,13,14);9-10H,1-4H3;1-5H,(H,8,9). The van der Waals surface area contributed by atoms with Crippen molar-refractivity contribution in [2.24, 2.45) is 0 Å². The minimum absolute atomic E-state index is 0.331. The Morgan fingerprint density at radius 3 is 1.21 bits per heavy atom. The summed E-state index contributed by atoms with van der Waals surface area (Å²) >= 11 is 0. The third-order valence-electron chi connectivity index (χ3n) is 3.91. The van der Waals surface area contributed by atoms with Crippen molar-refractivity contribution >= 4 is 23.9 Å². The molecule has 0 aromatic heterocycles. The van der Waals surface area contributed by atoms with Crippen molar-refractivity contribution in [2.75, 3.05) is 0 Å². The second kappa shape index (κ2) is 12.9. The zero-order chi connectivity index (χ0) is 25.8. The molecule has 34 heavy (non-hydrogen) atoms. The molecule has 180 valence electrons. The molecule has 0 spiro atoms. The van der Waals surface area contributed by atoms with E-state index in [9.17, 15) is 14.3 Å². The van der Waals surface area contributed by atoms with E-state index in [1.54, 1.807) is 107 Å². The summed E-state index contributed by atoms with van der Waals surface area (Å²) < 4.78 is 12.2. The van der Waals surface area contributed by atoms with Crippen LogP contribution in [-0.2, 0) is 4.57 Å². The first-order valence-electron chi connectivity index (χ1n) is 10.4. The summed E-state index contributed by atoms with van der Waals surface area (Å²) in [6, 6.07) is 25.7. The first-order valence-corrected chi connectivity index (χ1v) is 12.1. The average Bonchev–Trinajstić information content (AvgIpc) is 2.79. The van der Waals surface area contributed by atoms with Crippen LogP contribution in [0.25, 0.3) is 0 Å². The van der Waals surface area contributed by atoms with Gasteiger partial charge < -0.3 is 20.2 Å². The molecular weight excluding hydrogens is 451 g/mol. The molecule has 0 amide bonds. The molecule has 0 radical (unpaired) electrons. The molecule has 3 aromatic carbocycles. The summed E-state index contributed by atoms with van der Waals surface area (Å²) in [5.41, 5.74) is -1.70. The number of aliphatic hydroxyl groups is 2. The van der Waals surface area contributed by atoms with Crippen LogP contribution in [0.4, 0.5) is 0 Å². The normalized spacial score (nSPS) is 10.9. The van der Waals surface area contributed by atoms with E-state index in [0.29, 0.717) is 16.2 Å². The van der Waals surface area contributed by atoms with E-state index < -0.39 is 24.5 Å². The smallest absolute Gasteiger partial charge is 0.335 e. The maximum atomic E-state index is 12.2. The van der Waals surface area contributed by atoms with E-state index >= 15 is 0 Å². The summed E-state index contributed by atoms with van der Waals surface area (Å²) in [5.74, 6) is 4.16. The van der Waals surface area contributed by atoms with Crippen LogP contribution in [0.2, 0.25) is 0 Å². The van der Waals surface area contributed by atoms with Gasteiger partial charge in [0.1, 0.15) is 11.2 Å². The molecule has 0 saturated carbocycles. The minimum atomic E-state index is -3.40. The molecule has 4 N–H and O–H groups in total. The number of carboxylic acids is 1. The molecule has 0 unspecified atom stereocenters. The summed E-state index contributed by atoms with van der Waals surface area (Å²) in [4.78, 5) is 20.2. The number of carboxylic acid groups (broad SMARTS) is 1. The zero-order valence-corrected chi connectivity index (χ0v) is 20.6. The van der Waals surface area contributed by atoms with E-state index in [2.05, 4.69) is 11.8 Å². The van der Waals surface area contributed by atoms with E-state index in [1.165, 1.54) is 0 Å².